The molecule has 1 aliphatic rings. The van der Waals surface area contributed by atoms with Gasteiger partial charge in [-0.1, -0.05) is 12.2 Å². The Bertz CT molecular complexity index is 159. The van der Waals surface area contributed by atoms with E-state index < -0.39 is 0 Å². The van der Waals surface area contributed by atoms with Crippen LogP contribution >= 0.6 is 0 Å². The Hall–Kier alpha value is -0.340. The first-order chi connectivity index (χ1) is 6.08. The van der Waals surface area contributed by atoms with E-state index in [1.54, 1.807) is 0 Å². The maximum atomic E-state index is 3.53. The molecule has 2 nitrogen and oxygen atoms in total. The molecule has 2 heteroatoms. The van der Waals surface area contributed by atoms with Crippen molar-refractivity contribution in [3.63, 3.8) is 0 Å². The molecule has 0 aromatic heterocycles. The lowest BCUT2D eigenvalue weighted by Gasteiger charge is -2.21. The van der Waals surface area contributed by atoms with Gasteiger partial charge in [-0.2, -0.15) is 0 Å². The van der Waals surface area contributed by atoms with Crippen molar-refractivity contribution in [3.05, 3.63) is 12.2 Å². The Morgan fingerprint density at radius 1 is 1.15 bits per heavy atom. The van der Waals surface area contributed by atoms with Crippen molar-refractivity contribution in [2.24, 2.45) is 0 Å². The SMILES string of the molecule is CC(C)(C)NCCNC1CC=CC1. The highest BCUT2D eigenvalue weighted by atomic mass is 15.0. The van der Waals surface area contributed by atoms with Crippen LogP contribution in [0.25, 0.3) is 0 Å². The molecule has 0 radical (unpaired) electrons. The van der Waals surface area contributed by atoms with E-state index in [0.29, 0.717) is 6.04 Å². The molecule has 0 unspecified atom stereocenters. The summed E-state index contributed by atoms with van der Waals surface area (Å²) in [7, 11) is 0. The highest BCUT2D eigenvalue weighted by molar-refractivity contribution is 4.97. The summed E-state index contributed by atoms with van der Waals surface area (Å²) in [5.74, 6) is 0. The third-order valence-electron chi connectivity index (χ3n) is 2.22. The third-order valence-corrected chi connectivity index (χ3v) is 2.22. The fourth-order valence-corrected chi connectivity index (χ4v) is 1.50. The molecule has 1 rings (SSSR count). The van der Waals surface area contributed by atoms with Gasteiger partial charge in [0.15, 0.2) is 0 Å². The number of hydrogen-bond acceptors (Lipinski definition) is 2. The molecule has 13 heavy (non-hydrogen) atoms. The van der Waals surface area contributed by atoms with Crippen LogP contribution in [0.1, 0.15) is 33.6 Å². The van der Waals surface area contributed by atoms with Gasteiger partial charge < -0.3 is 10.6 Å². The van der Waals surface area contributed by atoms with E-state index >= 15 is 0 Å². The van der Waals surface area contributed by atoms with Crippen LogP contribution in [-0.4, -0.2) is 24.7 Å². The van der Waals surface area contributed by atoms with Crippen LogP contribution in [-0.2, 0) is 0 Å². The van der Waals surface area contributed by atoms with Gasteiger partial charge in [0, 0.05) is 24.7 Å². The molecule has 0 heterocycles. The van der Waals surface area contributed by atoms with E-state index in [9.17, 15) is 0 Å². The van der Waals surface area contributed by atoms with E-state index in [2.05, 4.69) is 43.6 Å². The van der Waals surface area contributed by atoms with Gasteiger partial charge in [-0.15, -0.1) is 0 Å². The second kappa shape index (κ2) is 4.77. The van der Waals surface area contributed by atoms with Crippen LogP contribution in [0.15, 0.2) is 12.2 Å². The Labute approximate surface area is 81.8 Å². The summed E-state index contributed by atoms with van der Waals surface area (Å²) in [6.45, 7) is 8.72. The van der Waals surface area contributed by atoms with Gasteiger partial charge in [-0.25, -0.2) is 0 Å². The lowest BCUT2D eigenvalue weighted by molar-refractivity contribution is 0.411. The minimum atomic E-state index is 0.246. The summed E-state index contributed by atoms with van der Waals surface area (Å²) < 4.78 is 0. The molecule has 0 bridgehead atoms. The molecular formula is C11H22N2. The molecule has 0 fully saturated rings. The van der Waals surface area contributed by atoms with Crippen molar-refractivity contribution in [2.75, 3.05) is 13.1 Å². The van der Waals surface area contributed by atoms with Crippen molar-refractivity contribution in [1.29, 1.82) is 0 Å². The minimum absolute atomic E-state index is 0.246. The van der Waals surface area contributed by atoms with E-state index in [0.717, 1.165) is 13.1 Å². The summed E-state index contributed by atoms with van der Waals surface area (Å²) >= 11 is 0. The van der Waals surface area contributed by atoms with Gasteiger partial charge in [0.2, 0.25) is 0 Å². The van der Waals surface area contributed by atoms with Gasteiger partial charge in [-0.05, 0) is 33.6 Å². The maximum absolute atomic E-state index is 3.53. The largest absolute Gasteiger partial charge is 0.312 e. The van der Waals surface area contributed by atoms with Gasteiger partial charge in [0.25, 0.3) is 0 Å². The Morgan fingerprint density at radius 3 is 2.31 bits per heavy atom. The minimum Gasteiger partial charge on any atom is -0.312 e. The fourth-order valence-electron chi connectivity index (χ4n) is 1.50. The second-order valence-electron chi connectivity index (χ2n) is 4.77. The average Bonchev–Trinajstić information content (AvgIpc) is 2.48. The van der Waals surface area contributed by atoms with Crippen molar-refractivity contribution in [2.45, 2.75) is 45.2 Å². The van der Waals surface area contributed by atoms with Crippen LogP contribution in [0.4, 0.5) is 0 Å². The van der Waals surface area contributed by atoms with Crippen molar-refractivity contribution < 1.29 is 0 Å². The zero-order valence-electron chi connectivity index (χ0n) is 9.06. The quantitative estimate of drug-likeness (QED) is 0.510. The first-order valence-electron chi connectivity index (χ1n) is 5.21. The standard InChI is InChI=1S/C11H22N2/c1-11(2,3)13-9-8-12-10-6-4-5-7-10/h4-5,10,12-13H,6-9H2,1-3H3. The summed E-state index contributed by atoms with van der Waals surface area (Å²) in [5, 5.41) is 6.99. The Morgan fingerprint density at radius 2 is 1.77 bits per heavy atom. The maximum Gasteiger partial charge on any atom is 0.0137 e. The van der Waals surface area contributed by atoms with E-state index in [1.165, 1.54) is 12.8 Å². The van der Waals surface area contributed by atoms with Gasteiger partial charge >= 0.3 is 0 Å². The number of hydrogen-bond donors (Lipinski definition) is 2. The lowest BCUT2D eigenvalue weighted by Crippen LogP contribution is -2.41. The molecular weight excluding hydrogens is 160 g/mol. The number of nitrogens with one attached hydrogen (secondary N) is 2. The van der Waals surface area contributed by atoms with Crippen LogP contribution < -0.4 is 10.6 Å². The molecule has 1 aliphatic carbocycles. The van der Waals surface area contributed by atoms with Crippen LogP contribution in [0.5, 0.6) is 0 Å². The molecule has 0 aliphatic heterocycles. The van der Waals surface area contributed by atoms with Gasteiger partial charge in [0.1, 0.15) is 0 Å². The van der Waals surface area contributed by atoms with E-state index in [1.807, 2.05) is 0 Å². The monoisotopic (exact) mass is 182 g/mol. The molecule has 2 N–H and O–H groups in total. The fraction of sp³-hybridized carbons (Fsp3) is 0.818. The molecule has 0 amide bonds. The third kappa shape index (κ3) is 5.06. The molecule has 0 aromatic carbocycles. The van der Waals surface area contributed by atoms with Crippen LogP contribution in [0.3, 0.4) is 0 Å². The van der Waals surface area contributed by atoms with Crippen LogP contribution in [0, 0.1) is 0 Å². The van der Waals surface area contributed by atoms with Crippen molar-refractivity contribution in [3.8, 4) is 0 Å². The summed E-state index contributed by atoms with van der Waals surface area (Å²) in [6.07, 6.45) is 6.93. The molecule has 76 valence electrons. The van der Waals surface area contributed by atoms with Crippen molar-refractivity contribution in [1.82, 2.24) is 10.6 Å². The molecule has 0 aromatic rings. The lowest BCUT2D eigenvalue weighted by atomic mass is 10.1. The summed E-state index contributed by atoms with van der Waals surface area (Å²) in [5.41, 5.74) is 0.246. The summed E-state index contributed by atoms with van der Waals surface area (Å²) in [6, 6.07) is 0.696. The predicted molar refractivity (Wildman–Crippen MR) is 57.9 cm³/mol. The Kier molecular flexibility index (Phi) is 3.94. The van der Waals surface area contributed by atoms with Gasteiger partial charge in [0.05, 0.1) is 0 Å². The molecule has 0 spiro atoms. The average molecular weight is 182 g/mol. The highest BCUT2D eigenvalue weighted by Gasteiger charge is 2.10. The number of rotatable bonds is 4. The topological polar surface area (TPSA) is 24.1 Å². The normalized spacial score (nSPS) is 18.4. The first-order valence-corrected chi connectivity index (χ1v) is 5.21. The zero-order chi connectivity index (χ0) is 9.73. The van der Waals surface area contributed by atoms with E-state index in [4.69, 9.17) is 0 Å². The smallest absolute Gasteiger partial charge is 0.0137 e. The Balaban J connectivity index is 1.95. The first kappa shape index (κ1) is 10.7. The zero-order valence-corrected chi connectivity index (χ0v) is 9.06. The highest BCUT2D eigenvalue weighted by Crippen LogP contribution is 2.08. The molecule has 0 saturated carbocycles. The molecule has 0 saturated heterocycles. The van der Waals surface area contributed by atoms with Gasteiger partial charge in [-0.3, -0.25) is 0 Å². The predicted octanol–water partition coefficient (Wildman–Crippen LogP) is 1.68. The van der Waals surface area contributed by atoms with Crippen LogP contribution in [0.2, 0.25) is 0 Å². The second-order valence-corrected chi connectivity index (χ2v) is 4.77. The van der Waals surface area contributed by atoms with E-state index in [-0.39, 0.29) is 5.54 Å². The molecule has 0 atom stereocenters. The summed E-state index contributed by atoms with van der Waals surface area (Å²) in [4.78, 5) is 0. The van der Waals surface area contributed by atoms with Crippen molar-refractivity contribution >= 4 is 0 Å².